The number of anilines is 1. The number of hydrogen-bond acceptors (Lipinski definition) is 1. The maximum atomic E-state index is 3.59. The van der Waals surface area contributed by atoms with Gasteiger partial charge in [-0.2, -0.15) is 0 Å². The third kappa shape index (κ3) is 5.57. The zero-order valence-corrected chi connectivity index (χ0v) is 12.3. The summed E-state index contributed by atoms with van der Waals surface area (Å²) in [5.41, 5.74) is 2.75. The van der Waals surface area contributed by atoms with E-state index in [0.29, 0.717) is 5.92 Å². The topological polar surface area (TPSA) is 12.0 Å². The number of rotatable bonds is 9. The van der Waals surface area contributed by atoms with Crippen LogP contribution in [0.25, 0.3) is 0 Å². The molecule has 0 radical (unpaired) electrons. The van der Waals surface area contributed by atoms with Crippen LogP contribution in [0.1, 0.15) is 70.8 Å². The van der Waals surface area contributed by atoms with E-state index in [2.05, 4.69) is 50.4 Å². The van der Waals surface area contributed by atoms with Gasteiger partial charge in [0, 0.05) is 12.2 Å². The van der Waals surface area contributed by atoms with Crippen molar-refractivity contribution < 1.29 is 0 Å². The largest absolute Gasteiger partial charge is 0.385 e. The van der Waals surface area contributed by atoms with Gasteiger partial charge in [0.05, 0.1) is 0 Å². The second-order valence-electron chi connectivity index (χ2n) is 5.44. The lowest BCUT2D eigenvalue weighted by Gasteiger charge is -2.14. The van der Waals surface area contributed by atoms with Crippen molar-refractivity contribution in [3.63, 3.8) is 0 Å². The maximum Gasteiger partial charge on any atom is 0.0375 e. The number of benzene rings is 1. The van der Waals surface area contributed by atoms with E-state index in [4.69, 9.17) is 0 Å². The van der Waals surface area contributed by atoms with E-state index in [1.54, 1.807) is 0 Å². The minimum absolute atomic E-state index is 0.596. The van der Waals surface area contributed by atoms with Crippen LogP contribution in [0.15, 0.2) is 24.3 Å². The molecule has 0 heterocycles. The summed E-state index contributed by atoms with van der Waals surface area (Å²) in [5.74, 6) is 0.596. The normalized spacial score (nSPS) is 10.9. The van der Waals surface area contributed by atoms with E-state index in [1.165, 1.54) is 49.8 Å². The van der Waals surface area contributed by atoms with Crippen molar-refractivity contribution in [3.05, 3.63) is 29.8 Å². The van der Waals surface area contributed by atoms with Crippen LogP contribution in [0, 0.1) is 0 Å². The molecule has 0 spiro atoms. The van der Waals surface area contributed by atoms with Crippen molar-refractivity contribution in [1.29, 1.82) is 0 Å². The van der Waals surface area contributed by atoms with Crippen molar-refractivity contribution in [2.24, 2.45) is 0 Å². The lowest BCUT2D eigenvalue weighted by Crippen LogP contribution is -2.04. The lowest BCUT2D eigenvalue weighted by molar-refractivity contribution is 0.617. The number of nitrogens with one attached hydrogen (secondary N) is 1. The highest BCUT2D eigenvalue weighted by atomic mass is 14.9. The summed E-state index contributed by atoms with van der Waals surface area (Å²) in [4.78, 5) is 0. The molecule has 0 aliphatic rings. The first-order valence-electron chi connectivity index (χ1n) is 7.58. The number of para-hydroxylation sites is 1. The predicted octanol–water partition coefficient (Wildman–Crippen LogP) is 5.58. The summed E-state index contributed by atoms with van der Waals surface area (Å²) in [7, 11) is 0. The Morgan fingerprint density at radius 1 is 0.944 bits per heavy atom. The second kappa shape index (κ2) is 9.02. The average Bonchev–Trinajstić information content (AvgIpc) is 2.38. The SMILES string of the molecule is CCCCCCCCNc1ccccc1C(C)C. The highest BCUT2D eigenvalue weighted by Crippen LogP contribution is 2.23. The van der Waals surface area contributed by atoms with Gasteiger partial charge in [0.15, 0.2) is 0 Å². The van der Waals surface area contributed by atoms with E-state index in [9.17, 15) is 0 Å². The summed E-state index contributed by atoms with van der Waals surface area (Å²) in [6.07, 6.45) is 8.16. The van der Waals surface area contributed by atoms with Gasteiger partial charge >= 0.3 is 0 Å². The molecule has 0 amide bonds. The lowest BCUT2D eigenvalue weighted by atomic mass is 10.0. The van der Waals surface area contributed by atoms with E-state index in [0.717, 1.165) is 6.54 Å². The quantitative estimate of drug-likeness (QED) is 0.561. The Hall–Kier alpha value is -0.980. The monoisotopic (exact) mass is 247 g/mol. The average molecular weight is 247 g/mol. The molecule has 18 heavy (non-hydrogen) atoms. The van der Waals surface area contributed by atoms with Crippen molar-refractivity contribution in [3.8, 4) is 0 Å². The van der Waals surface area contributed by atoms with Crippen LogP contribution in [0.4, 0.5) is 5.69 Å². The first-order valence-corrected chi connectivity index (χ1v) is 7.58. The Bertz CT molecular complexity index is 317. The van der Waals surface area contributed by atoms with Crippen LogP contribution < -0.4 is 5.32 Å². The van der Waals surface area contributed by atoms with Gasteiger partial charge in [-0.05, 0) is 24.0 Å². The fraction of sp³-hybridized carbons (Fsp3) is 0.647. The van der Waals surface area contributed by atoms with Crippen molar-refractivity contribution >= 4 is 5.69 Å². The summed E-state index contributed by atoms with van der Waals surface area (Å²) in [6, 6.07) is 8.68. The smallest absolute Gasteiger partial charge is 0.0375 e. The minimum atomic E-state index is 0.596. The van der Waals surface area contributed by atoms with Crippen LogP contribution in [-0.4, -0.2) is 6.54 Å². The summed E-state index contributed by atoms with van der Waals surface area (Å²) in [6.45, 7) is 7.89. The zero-order chi connectivity index (χ0) is 13.2. The molecule has 1 aromatic carbocycles. The minimum Gasteiger partial charge on any atom is -0.385 e. The molecule has 102 valence electrons. The van der Waals surface area contributed by atoms with Crippen LogP contribution in [0.3, 0.4) is 0 Å². The fourth-order valence-corrected chi connectivity index (χ4v) is 2.29. The van der Waals surface area contributed by atoms with Crippen molar-refractivity contribution in [2.75, 3.05) is 11.9 Å². The Balaban J connectivity index is 2.23. The fourth-order valence-electron chi connectivity index (χ4n) is 2.29. The van der Waals surface area contributed by atoms with Gasteiger partial charge in [-0.3, -0.25) is 0 Å². The molecule has 1 rings (SSSR count). The Kier molecular flexibility index (Phi) is 7.55. The molecule has 0 atom stereocenters. The molecule has 0 fully saturated rings. The summed E-state index contributed by atoms with van der Waals surface area (Å²) >= 11 is 0. The van der Waals surface area contributed by atoms with Gasteiger partial charge in [0.2, 0.25) is 0 Å². The number of hydrogen-bond donors (Lipinski definition) is 1. The van der Waals surface area contributed by atoms with Crippen LogP contribution >= 0.6 is 0 Å². The van der Waals surface area contributed by atoms with Crippen LogP contribution in [0.2, 0.25) is 0 Å². The first-order chi connectivity index (χ1) is 8.75. The molecule has 1 N–H and O–H groups in total. The molecule has 0 aliphatic carbocycles. The summed E-state index contributed by atoms with van der Waals surface area (Å²) in [5, 5.41) is 3.59. The molecule has 0 unspecified atom stereocenters. The third-order valence-electron chi connectivity index (χ3n) is 3.43. The Morgan fingerprint density at radius 3 is 2.33 bits per heavy atom. The van der Waals surface area contributed by atoms with Gasteiger partial charge in [0.1, 0.15) is 0 Å². The molecular formula is C17H29N. The molecule has 1 nitrogen and oxygen atoms in total. The highest BCUT2D eigenvalue weighted by molar-refractivity contribution is 5.52. The molecule has 1 heteroatoms. The van der Waals surface area contributed by atoms with Gasteiger partial charge in [-0.25, -0.2) is 0 Å². The molecule has 0 saturated heterocycles. The van der Waals surface area contributed by atoms with Crippen molar-refractivity contribution in [1.82, 2.24) is 0 Å². The van der Waals surface area contributed by atoms with Gasteiger partial charge in [-0.1, -0.05) is 71.1 Å². The van der Waals surface area contributed by atoms with E-state index in [1.807, 2.05) is 0 Å². The molecule has 0 aromatic heterocycles. The predicted molar refractivity (Wildman–Crippen MR) is 82.4 cm³/mol. The van der Waals surface area contributed by atoms with Gasteiger partial charge < -0.3 is 5.32 Å². The van der Waals surface area contributed by atoms with Crippen molar-refractivity contribution in [2.45, 2.75) is 65.2 Å². The molecular weight excluding hydrogens is 218 g/mol. The maximum absolute atomic E-state index is 3.59. The third-order valence-corrected chi connectivity index (χ3v) is 3.43. The summed E-state index contributed by atoms with van der Waals surface area (Å²) < 4.78 is 0. The standard InChI is InChI=1S/C17H29N/c1-4-5-6-7-8-11-14-18-17-13-10-9-12-16(17)15(2)3/h9-10,12-13,15,18H,4-8,11,14H2,1-3H3. The molecule has 0 saturated carbocycles. The molecule has 1 aromatic rings. The van der Waals surface area contributed by atoms with E-state index >= 15 is 0 Å². The van der Waals surface area contributed by atoms with Gasteiger partial charge in [0.25, 0.3) is 0 Å². The van der Waals surface area contributed by atoms with E-state index in [-0.39, 0.29) is 0 Å². The number of unbranched alkanes of at least 4 members (excludes halogenated alkanes) is 5. The van der Waals surface area contributed by atoms with Crippen LogP contribution in [-0.2, 0) is 0 Å². The highest BCUT2D eigenvalue weighted by Gasteiger charge is 2.04. The zero-order valence-electron chi connectivity index (χ0n) is 12.3. The second-order valence-corrected chi connectivity index (χ2v) is 5.44. The van der Waals surface area contributed by atoms with E-state index < -0.39 is 0 Å². The first kappa shape index (κ1) is 15.1. The Labute approximate surface area is 113 Å². The molecule has 0 aliphatic heterocycles. The van der Waals surface area contributed by atoms with Gasteiger partial charge in [-0.15, -0.1) is 0 Å². The Morgan fingerprint density at radius 2 is 1.61 bits per heavy atom. The van der Waals surface area contributed by atoms with Crippen LogP contribution in [0.5, 0.6) is 0 Å². The molecule has 0 bridgehead atoms.